The fraction of sp³-hybridized carbons (Fsp3) is 0.208. The smallest absolute Gasteiger partial charge is 0.478 e. The van der Waals surface area contributed by atoms with E-state index in [1.54, 1.807) is 31.0 Å². The van der Waals surface area contributed by atoms with Crippen LogP contribution in [0, 0.1) is 13.8 Å². The van der Waals surface area contributed by atoms with Crippen LogP contribution >= 0.6 is 0 Å². The molecule has 3 N–H and O–H groups in total. The van der Waals surface area contributed by atoms with Gasteiger partial charge >= 0.3 is 18.1 Å². The number of hydrogen-bond acceptors (Lipinski definition) is 6. The fourth-order valence-electron chi connectivity index (χ4n) is 3.22. The van der Waals surface area contributed by atoms with E-state index in [-0.39, 0.29) is 22.0 Å². The number of anilines is 2. The first-order valence-electron chi connectivity index (χ1n) is 10.5. The van der Waals surface area contributed by atoms with Gasteiger partial charge in [-0.25, -0.2) is 23.0 Å². The molecule has 0 saturated carbocycles. The molecule has 3 aromatic rings. The van der Waals surface area contributed by atoms with Gasteiger partial charge in [0.15, 0.2) is 0 Å². The van der Waals surface area contributed by atoms with Gasteiger partial charge in [0.1, 0.15) is 11.4 Å². The summed E-state index contributed by atoms with van der Waals surface area (Å²) in [5.41, 5.74) is 2.55. The molecular weight excluding hydrogens is 515 g/mol. The molecule has 0 aliphatic rings. The Hall–Kier alpha value is -4.13. The molecule has 13 heteroatoms. The van der Waals surface area contributed by atoms with Crippen molar-refractivity contribution in [3.05, 3.63) is 83.0 Å². The van der Waals surface area contributed by atoms with Crippen LogP contribution in [0.25, 0.3) is 0 Å². The predicted molar refractivity (Wildman–Crippen MR) is 130 cm³/mol. The molecule has 0 saturated heterocycles. The van der Waals surface area contributed by atoms with E-state index in [4.69, 9.17) is 9.90 Å². The Kier molecular flexibility index (Phi) is 9.23. The molecule has 0 spiro atoms. The lowest BCUT2D eigenvalue weighted by atomic mass is 10.2. The maximum Gasteiger partial charge on any atom is 0.490 e. The van der Waals surface area contributed by atoms with Crippen molar-refractivity contribution < 1.29 is 41.4 Å². The van der Waals surface area contributed by atoms with E-state index in [0.29, 0.717) is 12.1 Å². The highest BCUT2D eigenvalue weighted by molar-refractivity contribution is 7.92. The van der Waals surface area contributed by atoms with E-state index in [0.717, 1.165) is 11.1 Å². The van der Waals surface area contributed by atoms with E-state index in [2.05, 4.69) is 9.71 Å². The summed E-state index contributed by atoms with van der Waals surface area (Å²) >= 11 is 0. The molecule has 0 radical (unpaired) electrons. The van der Waals surface area contributed by atoms with Crippen LogP contribution in [0.15, 0.2) is 65.7 Å². The van der Waals surface area contributed by atoms with Crippen LogP contribution in [0.3, 0.4) is 0 Å². The predicted octanol–water partition coefficient (Wildman–Crippen LogP) is 4.47. The van der Waals surface area contributed by atoms with Crippen molar-refractivity contribution >= 4 is 33.5 Å². The van der Waals surface area contributed by atoms with E-state index >= 15 is 0 Å². The molecular formula is C24H24F3N3O6S. The number of aryl methyl sites for hydroxylation is 2. The molecule has 37 heavy (non-hydrogen) atoms. The van der Waals surface area contributed by atoms with Crippen LogP contribution in [0.1, 0.15) is 27.0 Å². The van der Waals surface area contributed by atoms with Crippen LogP contribution in [0.5, 0.6) is 0 Å². The zero-order chi connectivity index (χ0) is 28.0. The Morgan fingerprint density at radius 1 is 1.03 bits per heavy atom. The van der Waals surface area contributed by atoms with Gasteiger partial charge in [0.05, 0.1) is 16.8 Å². The third-order valence-corrected chi connectivity index (χ3v) is 6.38. The van der Waals surface area contributed by atoms with E-state index in [1.807, 2.05) is 37.3 Å². The number of benzene rings is 2. The number of nitrogens with one attached hydrogen (secondary N) is 1. The van der Waals surface area contributed by atoms with Crippen molar-refractivity contribution in [2.45, 2.75) is 31.5 Å². The highest BCUT2D eigenvalue weighted by Gasteiger charge is 2.38. The Balaban J connectivity index is 0.000000604. The topological polar surface area (TPSA) is 137 Å². The van der Waals surface area contributed by atoms with Crippen LogP contribution < -0.4 is 9.62 Å². The van der Waals surface area contributed by atoms with E-state index in [1.165, 1.54) is 18.3 Å². The number of nitrogens with zero attached hydrogens (tertiary/aromatic N) is 2. The molecule has 0 unspecified atom stereocenters. The number of rotatable bonds is 7. The van der Waals surface area contributed by atoms with E-state index < -0.39 is 28.1 Å². The van der Waals surface area contributed by atoms with Gasteiger partial charge in [-0.15, -0.1) is 0 Å². The first-order chi connectivity index (χ1) is 17.1. The summed E-state index contributed by atoms with van der Waals surface area (Å²) in [4.78, 5) is 26.8. The molecule has 0 atom stereocenters. The molecule has 0 aliphatic heterocycles. The minimum atomic E-state index is -5.08. The highest BCUT2D eigenvalue weighted by atomic mass is 32.2. The molecule has 0 fully saturated rings. The number of carboxylic acids is 2. The molecule has 3 rings (SSSR count). The third-order valence-electron chi connectivity index (χ3n) is 4.84. The fourth-order valence-corrected chi connectivity index (χ4v) is 4.48. The summed E-state index contributed by atoms with van der Waals surface area (Å²) in [7, 11) is -2.14. The summed E-state index contributed by atoms with van der Waals surface area (Å²) in [6.07, 6.45) is -3.76. The average Bonchev–Trinajstić information content (AvgIpc) is 2.78. The molecule has 9 nitrogen and oxygen atoms in total. The molecule has 198 valence electrons. The van der Waals surface area contributed by atoms with Gasteiger partial charge in [0.2, 0.25) is 0 Å². The Morgan fingerprint density at radius 3 is 2.14 bits per heavy atom. The zero-order valence-electron chi connectivity index (χ0n) is 19.9. The van der Waals surface area contributed by atoms with Gasteiger partial charge < -0.3 is 15.1 Å². The number of aromatic carboxylic acids is 1. The minimum absolute atomic E-state index is 0.0873. The van der Waals surface area contributed by atoms with Crippen molar-refractivity contribution in [1.82, 2.24) is 4.98 Å². The number of hydrogen-bond donors (Lipinski definition) is 3. The van der Waals surface area contributed by atoms with Gasteiger partial charge in [-0.2, -0.15) is 13.2 Å². The number of carboxylic acid groups (broad SMARTS) is 2. The second kappa shape index (κ2) is 11.7. The summed E-state index contributed by atoms with van der Waals surface area (Å²) in [6.45, 7) is 4.05. The first kappa shape index (κ1) is 29.1. The van der Waals surface area contributed by atoms with Gasteiger partial charge in [-0.3, -0.25) is 4.72 Å². The number of sulfonamides is 1. The number of aliphatic carboxylic acids is 1. The van der Waals surface area contributed by atoms with Crippen LogP contribution in [0.4, 0.5) is 24.7 Å². The number of halogens is 3. The Bertz CT molecular complexity index is 1380. The number of aromatic nitrogens is 1. The minimum Gasteiger partial charge on any atom is -0.478 e. The average molecular weight is 540 g/mol. The monoisotopic (exact) mass is 539 g/mol. The second-order valence-corrected chi connectivity index (χ2v) is 9.57. The summed E-state index contributed by atoms with van der Waals surface area (Å²) in [5, 5.41) is 16.8. The largest absolute Gasteiger partial charge is 0.490 e. The highest BCUT2D eigenvalue weighted by Crippen LogP contribution is 2.25. The maximum absolute atomic E-state index is 12.8. The van der Waals surface area contributed by atoms with Crippen molar-refractivity contribution in [2.75, 3.05) is 16.7 Å². The number of pyridine rings is 1. The van der Waals surface area contributed by atoms with E-state index in [9.17, 15) is 31.5 Å². The SMILES string of the molecule is Cc1ccc(S(=O)(=O)Nc2cnc(N(C)Cc3ccccc3)c(C(=O)O)c2)c(C)c1.O=C(O)C(F)(F)F. The maximum atomic E-state index is 12.8. The molecule has 0 bridgehead atoms. The van der Waals surface area contributed by atoms with Crippen LogP contribution in [-0.4, -0.2) is 48.8 Å². The summed E-state index contributed by atoms with van der Waals surface area (Å²) < 4.78 is 59.7. The quantitative estimate of drug-likeness (QED) is 0.400. The lowest BCUT2D eigenvalue weighted by molar-refractivity contribution is -0.192. The van der Waals surface area contributed by atoms with Crippen molar-refractivity contribution in [1.29, 1.82) is 0 Å². The third kappa shape index (κ3) is 8.20. The number of carbonyl (C=O) groups is 2. The normalized spacial score (nSPS) is 11.2. The van der Waals surface area contributed by atoms with Crippen molar-refractivity contribution in [3.63, 3.8) is 0 Å². The molecule has 2 aromatic carbocycles. The molecule has 1 aromatic heterocycles. The number of alkyl halides is 3. The zero-order valence-corrected chi connectivity index (χ0v) is 20.8. The van der Waals surface area contributed by atoms with Gasteiger partial charge in [-0.05, 0) is 37.1 Å². The molecule has 0 amide bonds. The van der Waals surface area contributed by atoms with Gasteiger partial charge in [0, 0.05) is 13.6 Å². The van der Waals surface area contributed by atoms with Gasteiger partial charge in [-0.1, -0.05) is 48.0 Å². The summed E-state index contributed by atoms with van der Waals surface area (Å²) in [6, 6.07) is 15.9. The standard InChI is InChI=1S/C22H23N3O4S.C2HF3O2/c1-15-9-10-20(16(2)11-15)30(28,29)24-18-12-19(22(26)27)21(23-13-18)25(3)14-17-7-5-4-6-8-17;3-2(4,5)1(6)7/h4-13,24H,14H2,1-3H3,(H,26,27);(H,6,7). The van der Waals surface area contributed by atoms with Crippen molar-refractivity contribution in [2.24, 2.45) is 0 Å². The Morgan fingerprint density at radius 2 is 1.62 bits per heavy atom. The Labute approximate surface area is 211 Å². The van der Waals surface area contributed by atoms with Crippen molar-refractivity contribution in [3.8, 4) is 0 Å². The lowest BCUT2D eigenvalue weighted by Crippen LogP contribution is -2.21. The first-order valence-corrected chi connectivity index (χ1v) is 12.0. The summed E-state index contributed by atoms with van der Waals surface area (Å²) in [5.74, 6) is -3.70. The van der Waals surface area contributed by atoms with Crippen LogP contribution in [0.2, 0.25) is 0 Å². The molecule has 0 aliphatic carbocycles. The van der Waals surface area contributed by atoms with Gasteiger partial charge in [0.25, 0.3) is 10.0 Å². The second-order valence-electron chi connectivity index (χ2n) is 7.92. The van der Waals surface area contributed by atoms with Crippen LogP contribution in [-0.2, 0) is 21.4 Å². The lowest BCUT2D eigenvalue weighted by Gasteiger charge is -2.21. The molecule has 1 heterocycles.